The van der Waals surface area contributed by atoms with Crippen LogP contribution in [0.1, 0.15) is 30.4 Å². The highest BCUT2D eigenvalue weighted by Gasteiger charge is 2.14. The molecule has 1 unspecified atom stereocenters. The third kappa shape index (κ3) is 2.96. The van der Waals surface area contributed by atoms with Crippen LogP contribution in [0.2, 0.25) is 0 Å². The Morgan fingerprint density at radius 1 is 1.36 bits per heavy atom. The van der Waals surface area contributed by atoms with E-state index in [1.165, 1.54) is 0 Å². The number of fused-ring (bicyclic) bond motifs is 1. The largest absolute Gasteiger partial charge is 0.493 e. The summed E-state index contributed by atoms with van der Waals surface area (Å²) in [5.41, 5.74) is 0.779. The second-order valence-corrected chi connectivity index (χ2v) is 5.19. The number of hydrogen-bond acceptors (Lipinski definition) is 6. The molecule has 1 N–H and O–H groups in total. The Morgan fingerprint density at radius 3 is 2.95 bits per heavy atom. The fourth-order valence-electron chi connectivity index (χ4n) is 2.37. The zero-order valence-electron chi connectivity index (χ0n) is 12.9. The van der Waals surface area contributed by atoms with Gasteiger partial charge in [0.1, 0.15) is 5.76 Å². The highest BCUT2D eigenvalue weighted by atomic mass is 16.5. The van der Waals surface area contributed by atoms with E-state index in [1.54, 1.807) is 7.11 Å². The van der Waals surface area contributed by atoms with Crippen molar-refractivity contribution in [3.63, 3.8) is 0 Å². The van der Waals surface area contributed by atoms with Crippen LogP contribution in [0.15, 0.2) is 33.2 Å². The Balaban J connectivity index is 1.65. The normalized spacial score (nSPS) is 12.7. The molecule has 0 aliphatic heterocycles. The smallest absolute Gasteiger partial charge is 0.227 e. The van der Waals surface area contributed by atoms with Gasteiger partial charge in [0.25, 0.3) is 0 Å². The third-order valence-corrected chi connectivity index (χ3v) is 3.53. The summed E-state index contributed by atoms with van der Waals surface area (Å²) in [7, 11) is 1.64. The summed E-state index contributed by atoms with van der Waals surface area (Å²) in [4.78, 5) is 4.18. The summed E-state index contributed by atoms with van der Waals surface area (Å²) in [6, 6.07) is 7.98. The molecule has 0 aliphatic rings. The molecule has 0 bridgehead atoms. The quantitative estimate of drug-likeness (QED) is 0.754. The summed E-state index contributed by atoms with van der Waals surface area (Å²) < 4.78 is 16.3. The van der Waals surface area contributed by atoms with E-state index in [0.717, 1.165) is 29.0 Å². The maximum atomic E-state index is 5.92. The molecular formula is C16H19N3O3. The van der Waals surface area contributed by atoms with Gasteiger partial charge in [0.05, 0.1) is 13.2 Å². The molecule has 116 valence electrons. The second kappa shape index (κ2) is 6.19. The molecule has 6 nitrogen and oxygen atoms in total. The fourth-order valence-corrected chi connectivity index (χ4v) is 2.37. The molecule has 0 spiro atoms. The average Bonchev–Trinajstić information content (AvgIpc) is 3.12. The number of benzene rings is 1. The molecule has 0 amide bonds. The Morgan fingerprint density at radius 2 is 2.23 bits per heavy atom. The van der Waals surface area contributed by atoms with Gasteiger partial charge >= 0.3 is 0 Å². The van der Waals surface area contributed by atoms with Crippen LogP contribution in [-0.4, -0.2) is 23.8 Å². The lowest BCUT2D eigenvalue weighted by molar-refractivity contribution is 0.366. The lowest BCUT2D eigenvalue weighted by Crippen LogP contribution is -2.21. The molecular weight excluding hydrogens is 282 g/mol. The standard InChI is InChI=1S/C16H19N3O3/c1-10(17-8-7-15-18-11(2)19-22-15)14-9-12-5-4-6-13(20-3)16(12)21-14/h4-6,9-10,17H,7-8H2,1-3H3. The molecule has 22 heavy (non-hydrogen) atoms. The SMILES string of the molecule is COc1cccc2cc(C(C)NCCc3nc(C)no3)oc12. The Bertz CT molecular complexity index is 763. The van der Waals surface area contributed by atoms with E-state index < -0.39 is 0 Å². The lowest BCUT2D eigenvalue weighted by Gasteiger charge is -2.09. The first-order valence-electron chi connectivity index (χ1n) is 7.26. The van der Waals surface area contributed by atoms with Gasteiger partial charge < -0.3 is 19.0 Å². The number of para-hydroxylation sites is 1. The maximum absolute atomic E-state index is 5.92. The van der Waals surface area contributed by atoms with E-state index in [4.69, 9.17) is 13.7 Å². The van der Waals surface area contributed by atoms with Gasteiger partial charge in [0.15, 0.2) is 17.2 Å². The van der Waals surface area contributed by atoms with Crippen LogP contribution >= 0.6 is 0 Å². The van der Waals surface area contributed by atoms with Gasteiger partial charge in [-0.05, 0) is 26.0 Å². The van der Waals surface area contributed by atoms with Crippen LogP contribution < -0.4 is 10.1 Å². The molecule has 2 heterocycles. The monoisotopic (exact) mass is 301 g/mol. The molecule has 0 fully saturated rings. The number of ether oxygens (including phenoxy) is 1. The molecule has 3 aromatic rings. The summed E-state index contributed by atoms with van der Waals surface area (Å²) >= 11 is 0. The van der Waals surface area contributed by atoms with Crippen LogP contribution in [0.3, 0.4) is 0 Å². The van der Waals surface area contributed by atoms with Crippen molar-refractivity contribution < 1.29 is 13.7 Å². The topological polar surface area (TPSA) is 73.3 Å². The van der Waals surface area contributed by atoms with Crippen LogP contribution in [0, 0.1) is 6.92 Å². The van der Waals surface area contributed by atoms with Crippen molar-refractivity contribution in [1.82, 2.24) is 15.5 Å². The van der Waals surface area contributed by atoms with Gasteiger partial charge in [-0.3, -0.25) is 0 Å². The zero-order valence-corrected chi connectivity index (χ0v) is 12.9. The minimum absolute atomic E-state index is 0.0844. The number of furan rings is 1. The number of aromatic nitrogens is 2. The van der Waals surface area contributed by atoms with Crippen molar-refractivity contribution in [3.05, 3.63) is 41.7 Å². The minimum Gasteiger partial charge on any atom is -0.493 e. The van der Waals surface area contributed by atoms with Gasteiger partial charge in [-0.2, -0.15) is 4.98 Å². The number of rotatable bonds is 6. The first kappa shape index (κ1) is 14.6. The van der Waals surface area contributed by atoms with Crippen molar-refractivity contribution in [1.29, 1.82) is 0 Å². The predicted molar refractivity (Wildman–Crippen MR) is 81.9 cm³/mol. The lowest BCUT2D eigenvalue weighted by atomic mass is 10.2. The van der Waals surface area contributed by atoms with Gasteiger partial charge in [-0.25, -0.2) is 0 Å². The van der Waals surface area contributed by atoms with Crippen molar-refractivity contribution in [2.24, 2.45) is 0 Å². The van der Waals surface area contributed by atoms with Crippen molar-refractivity contribution >= 4 is 11.0 Å². The molecule has 2 aromatic heterocycles. The van der Waals surface area contributed by atoms with E-state index in [9.17, 15) is 0 Å². The summed E-state index contributed by atoms with van der Waals surface area (Å²) in [5.74, 6) is 2.93. The van der Waals surface area contributed by atoms with Crippen molar-refractivity contribution in [2.75, 3.05) is 13.7 Å². The summed E-state index contributed by atoms with van der Waals surface area (Å²) in [6.07, 6.45) is 0.689. The van der Waals surface area contributed by atoms with Gasteiger partial charge in [0, 0.05) is 18.4 Å². The molecule has 1 aromatic carbocycles. The summed E-state index contributed by atoms with van der Waals surface area (Å²) in [6.45, 7) is 4.60. The predicted octanol–water partition coefficient (Wildman–Crippen LogP) is 3.03. The van der Waals surface area contributed by atoms with Gasteiger partial charge in [0.2, 0.25) is 5.89 Å². The van der Waals surface area contributed by atoms with Gasteiger partial charge in [-0.15, -0.1) is 0 Å². The molecule has 0 saturated carbocycles. The Kier molecular flexibility index (Phi) is 4.11. The number of methoxy groups -OCH3 is 1. The number of aryl methyl sites for hydroxylation is 1. The van der Waals surface area contributed by atoms with Crippen LogP contribution in [-0.2, 0) is 6.42 Å². The minimum atomic E-state index is 0.0844. The van der Waals surface area contributed by atoms with E-state index in [-0.39, 0.29) is 6.04 Å². The van der Waals surface area contributed by atoms with E-state index in [2.05, 4.69) is 22.4 Å². The number of hydrogen-bond donors (Lipinski definition) is 1. The van der Waals surface area contributed by atoms with Crippen molar-refractivity contribution in [2.45, 2.75) is 26.3 Å². The van der Waals surface area contributed by atoms with Gasteiger partial charge in [-0.1, -0.05) is 17.3 Å². The summed E-state index contributed by atoms with van der Waals surface area (Å²) in [5, 5.41) is 8.20. The zero-order chi connectivity index (χ0) is 15.5. The van der Waals surface area contributed by atoms with E-state index in [1.807, 2.05) is 31.2 Å². The molecule has 0 aliphatic carbocycles. The molecule has 1 atom stereocenters. The number of nitrogens with zero attached hydrogens (tertiary/aromatic N) is 2. The first-order valence-corrected chi connectivity index (χ1v) is 7.26. The average molecular weight is 301 g/mol. The first-order chi connectivity index (χ1) is 10.7. The second-order valence-electron chi connectivity index (χ2n) is 5.19. The number of nitrogens with one attached hydrogen (secondary N) is 1. The van der Waals surface area contributed by atoms with Crippen LogP contribution in [0.5, 0.6) is 5.75 Å². The molecule has 3 rings (SSSR count). The fraction of sp³-hybridized carbons (Fsp3) is 0.375. The van der Waals surface area contributed by atoms with E-state index in [0.29, 0.717) is 18.1 Å². The van der Waals surface area contributed by atoms with E-state index >= 15 is 0 Å². The Hall–Kier alpha value is -2.34. The Labute approximate surface area is 128 Å². The van der Waals surface area contributed by atoms with Crippen molar-refractivity contribution in [3.8, 4) is 5.75 Å². The highest BCUT2D eigenvalue weighted by molar-refractivity contribution is 5.83. The third-order valence-electron chi connectivity index (χ3n) is 3.53. The molecule has 0 radical (unpaired) electrons. The van der Waals surface area contributed by atoms with Crippen LogP contribution in [0.4, 0.5) is 0 Å². The molecule has 6 heteroatoms. The highest BCUT2D eigenvalue weighted by Crippen LogP contribution is 2.30. The maximum Gasteiger partial charge on any atom is 0.227 e. The van der Waals surface area contributed by atoms with Crippen LogP contribution in [0.25, 0.3) is 11.0 Å². The molecule has 0 saturated heterocycles.